The second kappa shape index (κ2) is 4.12. The van der Waals surface area contributed by atoms with Crippen LogP contribution in [0.1, 0.15) is 0 Å². The summed E-state index contributed by atoms with van der Waals surface area (Å²) in [6.07, 6.45) is 1.55. The number of hydrogen-bond donors (Lipinski definition) is 1. The van der Waals surface area contributed by atoms with Gasteiger partial charge in [0.15, 0.2) is 0 Å². The van der Waals surface area contributed by atoms with Gasteiger partial charge in [-0.15, -0.1) is 0 Å². The van der Waals surface area contributed by atoms with E-state index in [1.165, 1.54) is 4.57 Å². The summed E-state index contributed by atoms with van der Waals surface area (Å²) in [5.41, 5.74) is 0.686. The Morgan fingerprint density at radius 3 is 3.07 bits per heavy atom. The largest absolute Gasteiger partial charge is 0.303 e. The molecule has 2 rings (SSSR count). The van der Waals surface area contributed by atoms with Crippen LogP contribution in [0.25, 0.3) is 10.9 Å². The van der Waals surface area contributed by atoms with Crippen LogP contribution in [0.2, 0.25) is 0 Å². The van der Waals surface area contributed by atoms with Crippen molar-refractivity contribution in [1.82, 2.24) is 14.9 Å². The average molecular weight is 268 g/mol. The van der Waals surface area contributed by atoms with Gasteiger partial charge in [-0.2, -0.15) is 0 Å². The first-order valence-corrected chi connectivity index (χ1v) is 5.31. The predicted molar refractivity (Wildman–Crippen MR) is 62.8 cm³/mol. The van der Waals surface area contributed by atoms with E-state index in [1.807, 2.05) is 12.1 Å². The van der Waals surface area contributed by atoms with Crippen molar-refractivity contribution in [2.45, 2.75) is 6.67 Å². The van der Waals surface area contributed by atoms with Crippen LogP contribution in [-0.2, 0) is 6.67 Å². The highest BCUT2D eigenvalue weighted by Crippen LogP contribution is 2.14. The topological polar surface area (TPSA) is 46.9 Å². The number of aromatic nitrogens is 2. The number of nitrogens with zero attached hydrogens (tertiary/aromatic N) is 2. The van der Waals surface area contributed by atoms with Gasteiger partial charge in [0, 0.05) is 4.47 Å². The number of rotatable bonds is 2. The molecule has 0 unspecified atom stereocenters. The second-order valence-corrected chi connectivity index (χ2v) is 4.11. The average Bonchev–Trinajstić information content (AvgIpc) is 2.23. The third-order valence-corrected chi connectivity index (χ3v) is 2.61. The first kappa shape index (κ1) is 10.3. The van der Waals surface area contributed by atoms with Crippen LogP contribution >= 0.6 is 15.9 Å². The van der Waals surface area contributed by atoms with Crippen LogP contribution < -0.4 is 10.9 Å². The smallest absolute Gasteiger partial charge is 0.262 e. The zero-order chi connectivity index (χ0) is 10.8. The Balaban J connectivity index is 2.71. The van der Waals surface area contributed by atoms with E-state index in [9.17, 15) is 4.79 Å². The molecule has 0 saturated carbocycles. The molecule has 0 atom stereocenters. The lowest BCUT2D eigenvalue weighted by Gasteiger charge is -2.05. The van der Waals surface area contributed by atoms with Crippen LogP contribution in [0.4, 0.5) is 0 Å². The fourth-order valence-corrected chi connectivity index (χ4v) is 1.78. The molecule has 0 saturated heterocycles. The summed E-state index contributed by atoms with van der Waals surface area (Å²) >= 11 is 3.34. The molecule has 0 aliphatic rings. The molecule has 0 fully saturated rings. The first-order valence-electron chi connectivity index (χ1n) is 4.51. The van der Waals surface area contributed by atoms with Gasteiger partial charge in [-0.25, -0.2) is 4.98 Å². The fourth-order valence-electron chi connectivity index (χ4n) is 1.41. The lowest BCUT2D eigenvalue weighted by atomic mass is 10.2. The number of nitrogens with one attached hydrogen (secondary N) is 1. The van der Waals surface area contributed by atoms with Gasteiger partial charge in [0.05, 0.1) is 23.9 Å². The summed E-state index contributed by atoms with van der Waals surface area (Å²) in [7, 11) is 1.79. The number of benzene rings is 1. The van der Waals surface area contributed by atoms with Gasteiger partial charge < -0.3 is 5.32 Å². The summed E-state index contributed by atoms with van der Waals surface area (Å²) in [6, 6.07) is 5.48. The summed E-state index contributed by atoms with van der Waals surface area (Å²) < 4.78 is 2.42. The van der Waals surface area contributed by atoms with Gasteiger partial charge in [0.2, 0.25) is 0 Å². The molecular weight excluding hydrogens is 258 g/mol. The lowest BCUT2D eigenvalue weighted by molar-refractivity contribution is 0.593. The highest BCUT2D eigenvalue weighted by Gasteiger charge is 2.03. The molecule has 5 heteroatoms. The fraction of sp³-hybridized carbons (Fsp3) is 0.200. The molecule has 0 radical (unpaired) electrons. The summed E-state index contributed by atoms with van der Waals surface area (Å²) in [5.74, 6) is 0. The Kier molecular flexibility index (Phi) is 2.83. The molecule has 1 heterocycles. The van der Waals surface area contributed by atoms with E-state index in [0.29, 0.717) is 12.1 Å². The minimum atomic E-state index is -0.0318. The highest BCUT2D eigenvalue weighted by atomic mass is 79.9. The van der Waals surface area contributed by atoms with Crippen LogP contribution in [0.5, 0.6) is 0 Å². The number of fused-ring (bicyclic) bond motifs is 1. The van der Waals surface area contributed by atoms with E-state index in [-0.39, 0.29) is 5.56 Å². The Hall–Kier alpha value is -1.20. The third kappa shape index (κ3) is 1.93. The van der Waals surface area contributed by atoms with Gasteiger partial charge in [-0.3, -0.25) is 9.36 Å². The van der Waals surface area contributed by atoms with E-state index < -0.39 is 0 Å². The molecule has 2 aromatic rings. The molecule has 1 aromatic carbocycles. The molecule has 1 N–H and O–H groups in total. The van der Waals surface area contributed by atoms with Gasteiger partial charge in [-0.05, 0) is 25.2 Å². The highest BCUT2D eigenvalue weighted by molar-refractivity contribution is 9.10. The maximum absolute atomic E-state index is 11.9. The molecule has 0 amide bonds. The summed E-state index contributed by atoms with van der Waals surface area (Å²) in [5, 5.41) is 3.54. The third-order valence-electron chi connectivity index (χ3n) is 2.11. The van der Waals surface area contributed by atoms with Crippen LogP contribution in [-0.4, -0.2) is 16.6 Å². The van der Waals surface area contributed by atoms with E-state index >= 15 is 0 Å². The lowest BCUT2D eigenvalue weighted by Crippen LogP contribution is -2.26. The van der Waals surface area contributed by atoms with Crippen molar-refractivity contribution in [3.8, 4) is 0 Å². The van der Waals surface area contributed by atoms with E-state index in [4.69, 9.17) is 0 Å². The quantitative estimate of drug-likeness (QED) is 0.894. The maximum Gasteiger partial charge on any atom is 0.262 e. The molecule has 78 valence electrons. The normalized spacial score (nSPS) is 10.8. The first-order chi connectivity index (χ1) is 7.22. The Labute approximate surface area is 95.1 Å². The van der Waals surface area contributed by atoms with Crippen molar-refractivity contribution in [3.05, 3.63) is 39.4 Å². The minimum absolute atomic E-state index is 0.0318. The van der Waals surface area contributed by atoms with E-state index in [2.05, 4.69) is 26.2 Å². The van der Waals surface area contributed by atoms with Crippen molar-refractivity contribution in [1.29, 1.82) is 0 Å². The monoisotopic (exact) mass is 267 g/mol. The molecule has 15 heavy (non-hydrogen) atoms. The van der Waals surface area contributed by atoms with Crippen molar-refractivity contribution in [2.24, 2.45) is 0 Å². The molecular formula is C10H10BrN3O. The standard InChI is InChI=1S/C10H10BrN3O/c1-12-5-14-6-13-9-3-2-7(11)4-8(9)10(14)15/h2-4,6,12H,5H2,1H3. The number of halogens is 1. The van der Waals surface area contributed by atoms with Crippen LogP contribution in [0.3, 0.4) is 0 Å². The van der Waals surface area contributed by atoms with E-state index in [0.717, 1.165) is 9.99 Å². The Morgan fingerprint density at radius 1 is 1.53 bits per heavy atom. The summed E-state index contributed by atoms with van der Waals surface area (Å²) in [4.78, 5) is 16.1. The number of hydrogen-bond acceptors (Lipinski definition) is 3. The van der Waals surface area contributed by atoms with Gasteiger partial charge in [-0.1, -0.05) is 15.9 Å². The van der Waals surface area contributed by atoms with Crippen LogP contribution in [0.15, 0.2) is 33.8 Å². The van der Waals surface area contributed by atoms with Gasteiger partial charge >= 0.3 is 0 Å². The minimum Gasteiger partial charge on any atom is -0.303 e. The van der Waals surface area contributed by atoms with Crippen molar-refractivity contribution >= 4 is 26.8 Å². The maximum atomic E-state index is 11.9. The molecule has 1 aromatic heterocycles. The van der Waals surface area contributed by atoms with Gasteiger partial charge in [0.25, 0.3) is 5.56 Å². The summed E-state index contributed by atoms with van der Waals surface area (Å²) in [6.45, 7) is 0.467. The predicted octanol–water partition coefficient (Wildman–Crippen LogP) is 1.34. The second-order valence-electron chi connectivity index (χ2n) is 3.19. The zero-order valence-corrected chi connectivity index (χ0v) is 9.78. The van der Waals surface area contributed by atoms with Crippen molar-refractivity contribution in [3.63, 3.8) is 0 Å². The zero-order valence-electron chi connectivity index (χ0n) is 8.20. The SMILES string of the molecule is CNCn1cnc2ccc(Br)cc2c1=O. The molecule has 4 nitrogen and oxygen atoms in total. The molecule has 0 aliphatic heterocycles. The van der Waals surface area contributed by atoms with E-state index in [1.54, 1.807) is 19.4 Å². The Bertz CT molecular complexity index is 550. The van der Waals surface area contributed by atoms with Crippen molar-refractivity contribution in [2.75, 3.05) is 7.05 Å². The van der Waals surface area contributed by atoms with Gasteiger partial charge in [0.1, 0.15) is 0 Å². The molecule has 0 aliphatic carbocycles. The van der Waals surface area contributed by atoms with Crippen LogP contribution in [0, 0.1) is 0 Å². The molecule has 0 spiro atoms. The Morgan fingerprint density at radius 2 is 2.33 bits per heavy atom. The van der Waals surface area contributed by atoms with Crippen molar-refractivity contribution < 1.29 is 0 Å². The molecule has 0 bridgehead atoms.